The predicted octanol–water partition coefficient (Wildman–Crippen LogP) is -2.37. The zero-order valence-electron chi connectivity index (χ0n) is 7.01. The molecule has 1 aromatic carbocycles. The minimum atomic E-state index is -5.25. The molecule has 0 aliphatic heterocycles. The van der Waals surface area contributed by atoms with Gasteiger partial charge >= 0.3 is 23.1 Å². The van der Waals surface area contributed by atoms with Crippen LogP contribution in [0.25, 0.3) is 0 Å². The molecule has 1 aromatic rings. The first-order valence-electron chi connectivity index (χ1n) is 2.93. The summed E-state index contributed by atoms with van der Waals surface area (Å²) < 4.78 is 68.0. The molecule has 9 heteroatoms. The van der Waals surface area contributed by atoms with E-state index in [0.29, 0.717) is 0 Å². The van der Waals surface area contributed by atoms with Gasteiger partial charge in [0.15, 0.2) is 0 Å². The second-order valence-electron chi connectivity index (χ2n) is 2.15. The first kappa shape index (κ1) is 17.4. The van der Waals surface area contributed by atoms with Crippen molar-refractivity contribution in [3.05, 3.63) is 29.6 Å². The molecule has 0 unspecified atom stereocenters. The van der Waals surface area contributed by atoms with Crippen LogP contribution in [0.2, 0.25) is 0 Å². The van der Waals surface area contributed by atoms with Gasteiger partial charge in [0.2, 0.25) is 0 Å². The maximum Gasteiger partial charge on any atom is 2.00 e. The average molecular weight is 271 g/mol. The molecule has 0 heterocycles. The minimum Gasteiger partial charge on any atom is -1.00 e. The molecule has 0 aromatic heterocycles. The summed E-state index contributed by atoms with van der Waals surface area (Å²) in [5.41, 5.74) is 0. The summed E-state index contributed by atoms with van der Waals surface area (Å²) in [5, 5.41) is 0. The Morgan fingerprint density at radius 2 is 1.40 bits per heavy atom. The van der Waals surface area contributed by atoms with Crippen molar-refractivity contribution in [1.29, 1.82) is 0 Å². The van der Waals surface area contributed by atoms with Gasteiger partial charge in [-0.05, 0) is 0 Å². The molecule has 0 amide bonds. The molecule has 0 saturated carbocycles. The molecule has 0 bridgehead atoms. The third-order valence-corrected chi connectivity index (χ3v) is 2.10. The van der Waals surface area contributed by atoms with E-state index in [4.69, 9.17) is 0 Å². The van der Waals surface area contributed by atoms with Crippen molar-refractivity contribution in [3.8, 4) is 0 Å². The molecule has 0 spiro atoms. The molecule has 0 atom stereocenters. The van der Waals surface area contributed by atoms with Crippen LogP contribution >= 0.6 is 0 Å². The van der Waals surface area contributed by atoms with Gasteiger partial charge < -0.3 is 17.0 Å². The van der Waals surface area contributed by atoms with E-state index in [2.05, 4.69) is 0 Å². The second kappa shape index (κ2) is 5.90. The van der Waals surface area contributed by atoms with Gasteiger partial charge in [-0.15, -0.1) is 0 Å². The van der Waals surface area contributed by atoms with Crippen molar-refractivity contribution < 1.29 is 38.5 Å². The standard InChI is InChI=1S/C6H3F3O3S.ClH.Mg/c7-3-1-4(8)6(5(9)2-3)13(10,11)12;;/h1-2H,(H,10,11,12);1H;/q;;+2/p-2. The Morgan fingerprint density at radius 1 is 1.07 bits per heavy atom. The number of benzene rings is 1. The zero-order valence-corrected chi connectivity index (χ0v) is 9.99. The van der Waals surface area contributed by atoms with Gasteiger partial charge in [0.1, 0.15) is 32.5 Å². The maximum atomic E-state index is 12.5. The third-order valence-electron chi connectivity index (χ3n) is 1.21. The van der Waals surface area contributed by atoms with Crippen LogP contribution in [0.3, 0.4) is 0 Å². The largest absolute Gasteiger partial charge is 2.00 e. The second-order valence-corrected chi connectivity index (χ2v) is 3.47. The summed E-state index contributed by atoms with van der Waals surface area (Å²) in [6.07, 6.45) is 0. The molecule has 0 aliphatic rings. The topological polar surface area (TPSA) is 57.2 Å². The van der Waals surface area contributed by atoms with Crippen LogP contribution in [0.4, 0.5) is 13.2 Å². The number of rotatable bonds is 1. The Morgan fingerprint density at radius 3 is 1.67 bits per heavy atom. The molecule has 15 heavy (non-hydrogen) atoms. The van der Waals surface area contributed by atoms with E-state index >= 15 is 0 Å². The maximum absolute atomic E-state index is 12.5. The number of halogens is 4. The summed E-state index contributed by atoms with van der Waals surface area (Å²) in [6, 6.07) is 0.238. The van der Waals surface area contributed by atoms with Gasteiger partial charge in [-0.1, -0.05) is 0 Å². The van der Waals surface area contributed by atoms with E-state index in [1.54, 1.807) is 0 Å². The number of hydrogen-bond acceptors (Lipinski definition) is 3. The van der Waals surface area contributed by atoms with E-state index in [1.807, 2.05) is 0 Å². The van der Waals surface area contributed by atoms with Crippen LogP contribution in [0.5, 0.6) is 0 Å². The monoisotopic (exact) mass is 270 g/mol. The summed E-state index contributed by atoms with van der Waals surface area (Å²) in [7, 11) is -5.25. The van der Waals surface area contributed by atoms with Crippen LogP contribution in [-0.2, 0) is 10.1 Å². The van der Waals surface area contributed by atoms with Crippen LogP contribution < -0.4 is 12.4 Å². The minimum absolute atomic E-state index is 0. The van der Waals surface area contributed by atoms with Crippen molar-refractivity contribution in [2.24, 2.45) is 0 Å². The summed E-state index contributed by atoms with van der Waals surface area (Å²) in [4.78, 5) is -1.66. The van der Waals surface area contributed by atoms with Gasteiger partial charge in [0, 0.05) is 12.1 Å². The summed E-state index contributed by atoms with van der Waals surface area (Å²) >= 11 is 0. The quantitative estimate of drug-likeness (QED) is 0.424. The Balaban J connectivity index is 0. The average Bonchev–Trinajstić information content (AvgIpc) is 1.78. The van der Waals surface area contributed by atoms with Crippen molar-refractivity contribution in [2.45, 2.75) is 4.90 Å². The van der Waals surface area contributed by atoms with E-state index in [-0.39, 0.29) is 47.6 Å². The molecule has 0 aliphatic carbocycles. The molecular formula is C6H2ClF3MgO3S. The van der Waals surface area contributed by atoms with Gasteiger partial charge in [-0.3, -0.25) is 0 Å². The molecule has 1 rings (SSSR count). The zero-order chi connectivity index (χ0) is 10.2. The van der Waals surface area contributed by atoms with E-state index in [0.717, 1.165) is 0 Å². The van der Waals surface area contributed by atoms with Crippen molar-refractivity contribution >= 4 is 33.2 Å². The number of hydrogen-bond donors (Lipinski definition) is 0. The molecule has 0 saturated heterocycles. The fraction of sp³-hybridized carbons (Fsp3) is 0. The third kappa shape index (κ3) is 4.15. The molecule has 0 N–H and O–H groups in total. The van der Waals surface area contributed by atoms with Crippen molar-refractivity contribution in [1.82, 2.24) is 0 Å². The Kier molecular flexibility index (Phi) is 6.83. The summed E-state index contributed by atoms with van der Waals surface area (Å²) in [6.45, 7) is 0. The van der Waals surface area contributed by atoms with Crippen molar-refractivity contribution in [3.63, 3.8) is 0 Å². The fourth-order valence-corrected chi connectivity index (χ4v) is 1.36. The Bertz CT molecular complexity index is 428. The molecule has 3 nitrogen and oxygen atoms in total. The predicted molar refractivity (Wildman–Crippen MR) is 40.0 cm³/mol. The smallest absolute Gasteiger partial charge is 1.00 e. The van der Waals surface area contributed by atoms with Crippen LogP contribution in [0.1, 0.15) is 0 Å². The first-order chi connectivity index (χ1) is 5.82. The van der Waals surface area contributed by atoms with Crippen molar-refractivity contribution in [2.75, 3.05) is 0 Å². The fourth-order valence-electron chi connectivity index (χ4n) is 0.768. The van der Waals surface area contributed by atoms with Crippen LogP contribution in [0, 0.1) is 17.5 Å². The normalized spacial score (nSPS) is 10.1. The van der Waals surface area contributed by atoms with E-state index in [9.17, 15) is 26.1 Å². The molecular weight excluding hydrogens is 269 g/mol. The Hall–Kier alpha value is -0.0238. The summed E-state index contributed by atoms with van der Waals surface area (Å²) in [5.74, 6) is -4.75. The molecule has 80 valence electrons. The Labute approximate surface area is 106 Å². The van der Waals surface area contributed by atoms with Gasteiger partial charge in [0.05, 0.1) is 0 Å². The van der Waals surface area contributed by atoms with Crippen LogP contribution in [0.15, 0.2) is 17.0 Å². The van der Waals surface area contributed by atoms with Gasteiger partial charge in [-0.25, -0.2) is 21.6 Å². The van der Waals surface area contributed by atoms with E-state index in [1.165, 1.54) is 0 Å². The van der Waals surface area contributed by atoms with Gasteiger partial charge in [0.25, 0.3) is 0 Å². The molecule has 0 radical (unpaired) electrons. The van der Waals surface area contributed by atoms with E-state index < -0.39 is 32.5 Å². The SMILES string of the molecule is O=S(=O)([O-])c1c(F)cc(F)cc1F.[Cl-].[Mg+2]. The molecule has 0 fully saturated rings. The first-order valence-corrected chi connectivity index (χ1v) is 4.33. The van der Waals surface area contributed by atoms with Gasteiger partial charge in [-0.2, -0.15) is 0 Å². The van der Waals surface area contributed by atoms with Crippen LogP contribution in [-0.4, -0.2) is 36.0 Å².